The number of benzene rings is 1. The molecular formula is C20H12Cl3N3O3. The summed E-state index contributed by atoms with van der Waals surface area (Å²) in [4.78, 5) is 31.8. The van der Waals surface area contributed by atoms with Crippen molar-refractivity contribution in [3.63, 3.8) is 0 Å². The largest absolute Gasteiger partial charge is 0.478 e. The molecule has 3 aromatic rings. The minimum absolute atomic E-state index is 0.00441. The average Bonchev–Trinajstić information content (AvgIpc) is 2.68. The molecule has 2 N–H and O–H groups in total. The van der Waals surface area contributed by atoms with E-state index in [0.29, 0.717) is 16.8 Å². The topological polar surface area (TPSA) is 92.2 Å². The van der Waals surface area contributed by atoms with E-state index in [-0.39, 0.29) is 26.3 Å². The number of hydrogen-bond donors (Lipinski definition) is 2. The minimum atomic E-state index is -1.14. The van der Waals surface area contributed by atoms with Gasteiger partial charge in [-0.15, -0.1) is 0 Å². The Kier molecular flexibility index (Phi) is 6.49. The van der Waals surface area contributed by atoms with E-state index in [1.807, 2.05) is 0 Å². The highest BCUT2D eigenvalue weighted by atomic mass is 35.5. The number of carboxylic acid groups (broad SMARTS) is 1. The monoisotopic (exact) mass is 447 g/mol. The van der Waals surface area contributed by atoms with Crippen LogP contribution in [-0.4, -0.2) is 27.0 Å². The third-order valence-corrected chi connectivity index (χ3v) is 4.71. The van der Waals surface area contributed by atoms with Gasteiger partial charge in [-0.3, -0.25) is 9.78 Å². The molecule has 0 unspecified atom stereocenters. The maximum atomic E-state index is 12.4. The van der Waals surface area contributed by atoms with E-state index in [9.17, 15) is 14.7 Å². The van der Waals surface area contributed by atoms with Crippen LogP contribution in [0.4, 0.5) is 5.69 Å². The van der Waals surface area contributed by atoms with E-state index in [4.69, 9.17) is 34.8 Å². The molecule has 0 aliphatic rings. The number of pyridine rings is 2. The van der Waals surface area contributed by atoms with Crippen molar-refractivity contribution in [1.29, 1.82) is 0 Å². The first kappa shape index (κ1) is 20.8. The Bertz CT molecular complexity index is 1100. The summed E-state index contributed by atoms with van der Waals surface area (Å²) in [7, 11) is 0. The van der Waals surface area contributed by atoms with Gasteiger partial charge in [0, 0.05) is 29.8 Å². The number of halogens is 3. The second kappa shape index (κ2) is 9.05. The standard InChI is InChI=1S/C20H12Cl3N3O3/c21-15-9-24-10-16(22)17(15)19(27)26-12-5-3-11(4-6-12)8-14(20(28)29)13-2-1-7-25-18(13)23/h1-10H,(H,26,27)(H,28,29)/b14-8-. The Morgan fingerprint density at radius 3 is 2.24 bits per heavy atom. The first-order chi connectivity index (χ1) is 13.9. The molecule has 0 radical (unpaired) electrons. The first-order valence-electron chi connectivity index (χ1n) is 8.13. The molecule has 146 valence electrons. The van der Waals surface area contributed by atoms with Crippen LogP contribution in [-0.2, 0) is 4.79 Å². The Hall–Kier alpha value is -2.93. The zero-order valence-electron chi connectivity index (χ0n) is 14.6. The Morgan fingerprint density at radius 2 is 1.66 bits per heavy atom. The predicted molar refractivity (Wildman–Crippen MR) is 113 cm³/mol. The van der Waals surface area contributed by atoms with Gasteiger partial charge in [-0.1, -0.05) is 46.9 Å². The number of anilines is 1. The van der Waals surface area contributed by atoms with Crippen LogP contribution in [0, 0.1) is 0 Å². The summed E-state index contributed by atoms with van der Waals surface area (Å²) in [6, 6.07) is 9.73. The number of aromatic nitrogens is 2. The number of nitrogens with zero attached hydrogens (tertiary/aromatic N) is 2. The SMILES string of the molecule is O=C(O)/C(=C\c1ccc(NC(=O)c2c(Cl)cncc2Cl)cc1)c1cccnc1Cl. The second-order valence-corrected chi connectivity index (χ2v) is 6.93. The summed E-state index contributed by atoms with van der Waals surface area (Å²) in [5.41, 5.74) is 1.50. The summed E-state index contributed by atoms with van der Waals surface area (Å²) < 4.78 is 0. The van der Waals surface area contributed by atoms with Crippen molar-refractivity contribution in [1.82, 2.24) is 9.97 Å². The lowest BCUT2D eigenvalue weighted by atomic mass is 10.0. The molecule has 0 spiro atoms. The minimum Gasteiger partial charge on any atom is -0.478 e. The number of carboxylic acids is 1. The van der Waals surface area contributed by atoms with Gasteiger partial charge in [0.05, 0.1) is 21.2 Å². The van der Waals surface area contributed by atoms with Crippen molar-refractivity contribution in [2.75, 3.05) is 5.32 Å². The quantitative estimate of drug-likeness (QED) is 0.407. The highest BCUT2D eigenvalue weighted by molar-refractivity contribution is 6.40. The third kappa shape index (κ3) is 4.92. The Balaban J connectivity index is 1.84. The van der Waals surface area contributed by atoms with Crippen molar-refractivity contribution in [3.05, 3.63) is 86.9 Å². The van der Waals surface area contributed by atoms with Gasteiger partial charge >= 0.3 is 5.97 Å². The number of nitrogens with one attached hydrogen (secondary N) is 1. The fourth-order valence-electron chi connectivity index (χ4n) is 2.49. The van der Waals surface area contributed by atoms with Crippen molar-refractivity contribution in [2.24, 2.45) is 0 Å². The summed E-state index contributed by atoms with van der Waals surface area (Å²) in [5, 5.41) is 12.6. The second-order valence-electron chi connectivity index (χ2n) is 5.76. The lowest BCUT2D eigenvalue weighted by Gasteiger charge is -2.09. The van der Waals surface area contributed by atoms with Gasteiger partial charge < -0.3 is 10.4 Å². The number of rotatable bonds is 5. The molecule has 0 atom stereocenters. The number of amides is 1. The van der Waals surface area contributed by atoms with Crippen LogP contribution in [0.1, 0.15) is 21.5 Å². The van der Waals surface area contributed by atoms with E-state index in [2.05, 4.69) is 15.3 Å². The zero-order chi connectivity index (χ0) is 21.0. The van der Waals surface area contributed by atoms with Crippen molar-refractivity contribution in [2.45, 2.75) is 0 Å². The number of hydrogen-bond acceptors (Lipinski definition) is 4. The van der Waals surface area contributed by atoms with Crippen LogP contribution >= 0.6 is 34.8 Å². The molecule has 1 amide bonds. The summed E-state index contributed by atoms with van der Waals surface area (Å²) >= 11 is 18.0. The van der Waals surface area contributed by atoms with Gasteiger partial charge in [0.25, 0.3) is 5.91 Å². The van der Waals surface area contributed by atoms with Crippen molar-refractivity contribution in [3.8, 4) is 0 Å². The van der Waals surface area contributed by atoms with Gasteiger partial charge in [0.1, 0.15) is 5.15 Å². The predicted octanol–water partition coefficient (Wildman–Crippen LogP) is 5.31. The molecule has 0 saturated heterocycles. The molecule has 9 heteroatoms. The van der Waals surface area contributed by atoms with Gasteiger partial charge in [-0.25, -0.2) is 9.78 Å². The number of carbonyl (C=O) groups is 2. The lowest BCUT2D eigenvalue weighted by Crippen LogP contribution is -2.13. The third-order valence-electron chi connectivity index (χ3n) is 3.84. The van der Waals surface area contributed by atoms with Gasteiger partial charge in [0.2, 0.25) is 0 Å². The molecule has 0 fully saturated rings. The Labute approximate surface area is 180 Å². The fraction of sp³-hybridized carbons (Fsp3) is 0. The van der Waals surface area contributed by atoms with Crippen LogP contribution in [0.2, 0.25) is 15.2 Å². The molecule has 1 aromatic carbocycles. The van der Waals surface area contributed by atoms with Gasteiger partial charge in [-0.2, -0.15) is 0 Å². The molecular weight excluding hydrogens is 437 g/mol. The zero-order valence-corrected chi connectivity index (χ0v) is 16.8. The molecule has 2 heterocycles. The lowest BCUT2D eigenvalue weighted by molar-refractivity contribution is -0.130. The van der Waals surface area contributed by atoms with Crippen LogP contribution in [0.3, 0.4) is 0 Å². The van der Waals surface area contributed by atoms with Crippen molar-refractivity contribution >= 4 is 64.0 Å². The molecule has 2 aromatic heterocycles. The summed E-state index contributed by atoms with van der Waals surface area (Å²) in [6.07, 6.45) is 5.60. The molecule has 3 rings (SSSR count). The smallest absolute Gasteiger partial charge is 0.336 e. The molecule has 0 bridgehead atoms. The highest BCUT2D eigenvalue weighted by Gasteiger charge is 2.16. The summed E-state index contributed by atoms with van der Waals surface area (Å²) in [6.45, 7) is 0. The van der Waals surface area contributed by atoms with E-state index in [1.54, 1.807) is 36.4 Å². The molecule has 6 nitrogen and oxygen atoms in total. The normalized spacial score (nSPS) is 11.2. The van der Waals surface area contributed by atoms with Crippen LogP contribution in [0.15, 0.2) is 55.0 Å². The van der Waals surface area contributed by atoms with E-state index >= 15 is 0 Å². The number of carbonyl (C=O) groups excluding carboxylic acids is 1. The average molecular weight is 449 g/mol. The molecule has 29 heavy (non-hydrogen) atoms. The molecule has 0 saturated carbocycles. The van der Waals surface area contributed by atoms with Gasteiger partial charge in [0.15, 0.2) is 0 Å². The highest BCUT2D eigenvalue weighted by Crippen LogP contribution is 2.26. The van der Waals surface area contributed by atoms with Crippen LogP contribution in [0.25, 0.3) is 11.6 Å². The first-order valence-corrected chi connectivity index (χ1v) is 9.26. The molecule has 0 aliphatic heterocycles. The maximum Gasteiger partial charge on any atom is 0.336 e. The van der Waals surface area contributed by atoms with E-state index < -0.39 is 11.9 Å². The molecule has 0 aliphatic carbocycles. The van der Waals surface area contributed by atoms with Gasteiger partial charge in [-0.05, 0) is 35.9 Å². The van der Waals surface area contributed by atoms with Crippen LogP contribution < -0.4 is 5.32 Å². The number of aliphatic carboxylic acids is 1. The van der Waals surface area contributed by atoms with E-state index in [1.165, 1.54) is 24.7 Å². The van der Waals surface area contributed by atoms with Crippen LogP contribution in [0.5, 0.6) is 0 Å². The Morgan fingerprint density at radius 1 is 1.00 bits per heavy atom. The summed E-state index contributed by atoms with van der Waals surface area (Å²) in [5.74, 6) is -1.63. The van der Waals surface area contributed by atoms with Crippen molar-refractivity contribution < 1.29 is 14.7 Å². The fourth-order valence-corrected chi connectivity index (χ4v) is 3.25. The van der Waals surface area contributed by atoms with E-state index in [0.717, 1.165) is 0 Å². The maximum absolute atomic E-state index is 12.4.